The van der Waals surface area contributed by atoms with E-state index >= 15 is 0 Å². The molecule has 0 spiro atoms. The number of hydrogen-bond acceptors (Lipinski definition) is 2. The molecule has 3 nitrogen and oxygen atoms in total. The summed E-state index contributed by atoms with van der Waals surface area (Å²) in [5, 5.41) is 10.2. The number of fused-ring (bicyclic) bond motifs is 1. The summed E-state index contributed by atoms with van der Waals surface area (Å²) in [7, 11) is 0. The molecule has 0 fully saturated rings. The van der Waals surface area contributed by atoms with Crippen molar-refractivity contribution in [3.05, 3.63) is 74.8 Å². The van der Waals surface area contributed by atoms with Gasteiger partial charge in [-0.3, -0.25) is 4.79 Å². The van der Waals surface area contributed by atoms with Crippen LogP contribution in [0.25, 0.3) is 6.08 Å². The second-order valence-electron chi connectivity index (χ2n) is 5.59. The Hall–Kier alpha value is -2.28. The number of nitrogens with zero attached hydrogens (tertiary/aromatic N) is 2. The maximum atomic E-state index is 12.7. The Morgan fingerprint density at radius 2 is 1.88 bits per heavy atom. The highest BCUT2D eigenvalue weighted by molar-refractivity contribution is 6.42. The zero-order chi connectivity index (χ0) is 17.1. The molecule has 0 saturated carbocycles. The van der Waals surface area contributed by atoms with Crippen LogP contribution in [-0.4, -0.2) is 17.4 Å². The van der Waals surface area contributed by atoms with E-state index in [0.717, 1.165) is 12.0 Å². The van der Waals surface area contributed by atoms with Crippen LogP contribution in [-0.2, 0) is 17.8 Å². The summed E-state index contributed by atoms with van der Waals surface area (Å²) in [6.07, 6.45) is 2.35. The number of nitriles is 1. The molecule has 0 radical (unpaired) electrons. The number of benzene rings is 2. The summed E-state index contributed by atoms with van der Waals surface area (Å²) in [5.74, 6) is -0.266. The summed E-state index contributed by atoms with van der Waals surface area (Å²) >= 11 is 11.9. The van der Waals surface area contributed by atoms with Crippen molar-refractivity contribution in [2.75, 3.05) is 6.54 Å². The van der Waals surface area contributed by atoms with Crippen molar-refractivity contribution >= 4 is 35.2 Å². The average Bonchev–Trinajstić information content (AvgIpc) is 2.61. The molecular weight excluding hydrogens is 343 g/mol. The fourth-order valence-electron chi connectivity index (χ4n) is 2.75. The molecule has 0 bridgehead atoms. The topological polar surface area (TPSA) is 44.1 Å². The van der Waals surface area contributed by atoms with Gasteiger partial charge in [-0.2, -0.15) is 5.26 Å². The smallest absolute Gasteiger partial charge is 0.264 e. The van der Waals surface area contributed by atoms with E-state index in [1.54, 1.807) is 29.2 Å². The van der Waals surface area contributed by atoms with Crippen molar-refractivity contribution in [2.45, 2.75) is 13.0 Å². The van der Waals surface area contributed by atoms with Crippen molar-refractivity contribution in [1.82, 2.24) is 4.90 Å². The van der Waals surface area contributed by atoms with Crippen LogP contribution in [0.3, 0.4) is 0 Å². The van der Waals surface area contributed by atoms with Crippen LogP contribution >= 0.6 is 23.2 Å². The second kappa shape index (κ2) is 7.09. The lowest BCUT2D eigenvalue weighted by molar-refractivity contribution is -0.127. The highest BCUT2D eigenvalue weighted by atomic mass is 35.5. The van der Waals surface area contributed by atoms with Crippen LogP contribution in [0.2, 0.25) is 10.0 Å². The van der Waals surface area contributed by atoms with Gasteiger partial charge in [0.15, 0.2) is 0 Å². The highest BCUT2D eigenvalue weighted by Gasteiger charge is 2.23. The SMILES string of the molecule is N#C/C(=C\c1ccc(Cl)c(Cl)c1)C(=O)N1CCc2ccccc2C1. The van der Waals surface area contributed by atoms with Gasteiger partial charge in [0.1, 0.15) is 11.6 Å². The van der Waals surface area contributed by atoms with Crippen LogP contribution in [0.15, 0.2) is 48.0 Å². The molecule has 2 aromatic rings. The monoisotopic (exact) mass is 356 g/mol. The molecule has 1 aliphatic rings. The molecular formula is C19H14Cl2N2O. The lowest BCUT2D eigenvalue weighted by Crippen LogP contribution is -2.36. The molecule has 0 saturated heterocycles. The minimum Gasteiger partial charge on any atom is -0.333 e. The first kappa shape index (κ1) is 16.6. The van der Waals surface area contributed by atoms with Gasteiger partial charge in [0.2, 0.25) is 0 Å². The number of rotatable bonds is 2. The molecule has 0 aromatic heterocycles. The van der Waals surface area contributed by atoms with Crippen LogP contribution < -0.4 is 0 Å². The molecule has 24 heavy (non-hydrogen) atoms. The number of carbonyl (C=O) groups excluding carboxylic acids is 1. The normalized spacial score (nSPS) is 14.0. The first-order valence-corrected chi connectivity index (χ1v) is 8.27. The van der Waals surface area contributed by atoms with Crippen molar-refractivity contribution < 1.29 is 4.79 Å². The molecule has 2 aromatic carbocycles. The summed E-state index contributed by atoms with van der Waals surface area (Å²) in [6.45, 7) is 1.13. The average molecular weight is 357 g/mol. The van der Waals surface area contributed by atoms with Gasteiger partial charge in [0.05, 0.1) is 10.0 Å². The van der Waals surface area contributed by atoms with Crippen molar-refractivity contribution in [3.63, 3.8) is 0 Å². The Morgan fingerprint density at radius 1 is 1.12 bits per heavy atom. The maximum Gasteiger partial charge on any atom is 0.264 e. The molecule has 1 amide bonds. The van der Waals surface area contributed by atoms with Crippen LogP contribution in [0.1, 0.15) is 16.7 Å². The van der Waals surface area contributed by atoms with E-state index in [4.69, 9.17) is 23.2 Å². The Labute approximate surface area is 150 Å². The van der Waals surface area contributed by atoms with Gasteiger partial charge in [-0.25, -0.2) is 0 Å². The lowest BCUT2D eigenvalue weighted by atomic mass is 9.99. The minimum atomic E-state index is -0.266. The minimum absolute atomic E-state index is 0.0905. The third-order valence-electron chi connectivity index (χ3n) is 4.02. The standard InChI is InChI=1S/C19H14Cl2N2O/c20-17-6-5-13(10-18(17)21)9-16(11-22)19(24)23-8-7-14-3-1-2-4-15(14)12-23/h1-6,9-10H,7-8,12H2/b16-9+. The van der Waals surface area contributed by atoms with Crippen molar-refractivity contribution in [3.8, 4) is 6.07 Å². The van der Waals surface area contributed by atoms with E-state index in [0.29, 0.717) is 28.7 Å². The Morgan fingerprint density at radius 3 is 2.58 bits per heavy atom. The lowest BCUT2D eigenvalue weighted by Gasteiger charge is -2.28. The molecule has 1 aliphatic heterocycles. The Balaban J connectivity index is 1.84. The van der Waals surface area contributed by atoms with Gasteiger partial charge >= 0.3 is 0 Å². The molecule has 3 rings (SSSR count). The van der Waals surface area contributed by atoms with Gasteiger partial charge in [-0.05, 0) is 41.3 Å². The van der Waals surface area contributed by atoms with Gasteiger partial charge in [-0.15, -0.1) is 0 Å². The molecule has 1 heterocycles. The summed E-state index contributed by atoms with van der Waals surface area (Å²) in [4.78, 5) is 14.4. The predicted octanol–water partition coefficient (Wildman–Crippen LogP) is 4.49. The number of amides is 1. The van der Waals surface area contributed by atoms with Crippen LogP contribution in [0, 0.1) is 11.3 Å². The van der Waals surface area contributed by atoms with E-state index in [1.807, 2.05) is 24.3 Å². The molecule has 0 N–H and O–H groups in total. The number of halogens is 2. The largest absolute Gasteiger partial charge is 0.333 e. The fraction of sp³-hybridized carbons (Fsp3) is 0.158. The Kier molecular flexibility index (Phi) is 4.89. The van der Waals surface area contributed by atoms with Crippen molar-refractivity contribution in [1.29, 1.82) is 5.26 Å². The molecule has 0 unspecified atom stereocenters. The maximum absolute atomic E-state index is 12.7. The highest BCUT2D eigenvalue weighted by Crippen LogP contribution is 2.25. The quantitative estimate of drug-likeness (QED) is 0.587. The van der Waals surface area contributed by atoms with E-state index in [1.165, 1.54) is 5.56 Å². The van der Waals surface area contributed by atoms with E-state index in [9.17, 15) is 10.1 Å². The fourth-order valence-corrected chi connectivity index (χ4v) is 3.06. The molecule has 5 heteroatoms. The van der Waals surface area contributed by atoms with Crippen LogP contribution in [0.4, 0.5) is 0 Å². The van der Waals surface area contributed by atoms with E-state index in [2.05, 4.69) is 6.07 Å². The molecule has 120 valence electrons. The third kappa shape index (κ3) is 3.46. The van der Waals surface area contributed by atoms with Crippen molar-refractivity contribution in [2.24, 2.45) is 0 Å². The summed E-state index contributed by atoms with van der Waals surface area (Å²) in [5.41, 5.74) is 3.15. The van der Waals surface area contributed by atoms with Gasteiger partial charge in [-0.1, -0.05) is 53.5 Å². The Bertz CT molecular complexity index is 868. The third-order valence-corrected chi connectivity index (χ3v) is 4.76. The van der Waals surface area contributed by atoms with Gasteiger partial charge < -0.3 is 4.90 Å². The van der Waals surface area contributed by atoms with E-state index < -0.39 is 0 Å². The predicted molar refractivity (Wildman–Crippen MR) is 95.6 cm³/mol. The zero-order valence-corrected chi connectivity index (χ0v) is 14.3. The molecule has 0 aliphatic carbocycles. The first-order valence-electron chi connectivity index (χ1n) is 7.51. The van der Waals surface area contributed by atoms with Gasteiger partial charge in [0.25, 0.3) is 5.91 Å². The summed E-state index contributed by atoms with van der Waals surface area (Å²) in [6, 6.07) is 15.1. The zero-order valence-electron chi connectivity index (χ0n) is 12.8. The van der Waals surface area contributed by atoms with E-state index in [-0.39, 0.29) is 11.5 Å². The first-order chi connectivity index (χ1) is 11.6. The molecule has 0 atom stereocenters. The number of carbonyl (C=O) groups is 1. The number of hydrogen-bond donors (Lipinski definition) is 0. The van der Waals surface area contributed by atoms with Gasteiger partial charge in [0, 0.05) is 13.1 Å². The van der Waals surface area contributed by atoms with Crippen LogP contribution in [0.5, 0.6) is 0 Å². The second-order valence-corrected chi connectivity index (χ2v) is 6.40. The summed E-state index contributed by atoms with van der Waals surface area (Å²) < 4.78 is 0.